The zero-order valence-corrected chi connectivity index (χ0v) is 11.5. The van der Waals surface area contributed by atoms with Gasteiger partial charge in [0.15, 0.2) is 0 Å². The molecule has 2 aromatic carbocycles. The smallest absolute Gasteiger partial charge is 0.0574 e. The van der Waals surface area contributed by atoms with Crippen LogP contribution in [0.15, 0.2) is 47.4 Å². The Morgan fingerprint density at radius 2 is 1.72 bits per heavy atom. The summed E-state index contributed by atoms with van der Waals surface area (Å²) in [6, 6.07) is 13.7. The maximum atomic E-state index is 12.2. The van der Waals surface area contributed by atoms with E-state index in [1.54, 1.807) is 0 Å². The molecule has 0 heterocycles. The van der Waals surface area contributed by atoms with Gasteiger partial charge < -0.3 is 5.73 Å². The highest BCUT2D eigenvalue weighted by Gasteiger charge is 2.06. The zero-order chi connectivity index (χ0) is 13.1. The van der Waals surface area contributed by atoms with E-state index in [-0.39, 0.29) is 0 Å². The molecule has 2 nitrogen and oxygen atoms in total. The fourth-order valence-electron chi connectivity index (χ4n) is 1.71. The molecular formula is C15H17NOS. The zero-order valence-electron chi connectivity index (χ0n) is 10.6. The summed E-state index contributed by atoms with van der Waals surface area (Å²) >= 11 is 0. The lowest BCUT2D eigenvalue weighted by molar-refractivity contribution is 0.682. The van der Waals surface area contributed by atoms with Crippen molar-refractivity contribution >= 4 is 16.5 Å². The molecule has 0 saturated carbocycles. The predicted octanol–water partition coefficient (Wildman–Crippen LogP) is 3.19. The van der Waals surface area contributed by atoms with Crippen molar-refractivity contribution < 1.29 is 4.21 Å². The molecule has 2 rings (SSSR count). The van der Waals surface area contributed by atoms with Crippen LogP contribution in [0.2, 0.25) is 0 Å². The topological polar surface area (TPSA) is 43.1 Å². The summed E-state index contributed by atoms with van der Waals surface area (Å²) in [6.45, 7) is 3.98. The number of nitrogens with two attached hydrogens (primary N) is 1. The van der Waals surface area contributed by atoms with Gasteiger partial charge in [-0.3, -0.25) is 4.21 Å². The lowest BCUT2D eigenvalue weighted by Gasteiger charge is -2.06. The molecule has 0 aliphatic rings. The van der Waals surface area contributed by atoms with Gasteiger partial charge in [0.1, 0.15) is 0 Å². The normalized spacial score (nSPS) is 12.3. The van der Waals surface area contributed by atoms with Crippen LogP contribution in [0, 0.1) is 13.8 Å². The van der Waals surface area contributed by atoms with Crippen molar-refractivity contribution in [3.05, 3.63) is 59.2 Å². The van der Waals surface area contributed by atoms with Crippen molar-refractivity contribution in [3.63, 3.8) is 0 Å². The van der Waals surface area contributed by atoms with Crippen molar-refractivity contribution in [1.29, 1.82) is 0 Å². The Hall–Kier alpha value is -1.61. The number of hydrogen-bond acceptors (Lipinski definition) is 2. The third-order valence-corrected chi connectivity index (χ3v) is 4.30. The third-order valence-electron chi connectivity index (χ3n) is 2.92. The van der Waals surface area contributed by atoms with Gasteiger partial charge in [0.05, 0.1) is 16.6 Å². The summed E-state index contributed by atoms with van der Waals surface area (Å²) < 4.78 is 12.2. The molecule has 3 heteroatoms. The minimum Gasteiger partial charge on any atom is -0.399 e. The first-order valence-electron chi connectivity index (χ1n) is 5.86. The van der Waals surface area contributed by atoms with Crippen LogP contribution in [-0.4, -0.2) is 4.21 Å². The fourth-order valence-corrected chi connectivity index (χ4v) is 2.90. The van der Waals surface area contributed by atoms with Gasteiger partial charge in [-0.1, -0.05) is 29.8 Å². The Morgan fingerprint density at radius 1 is 1.06 bits per heavy atom. The largest absolute Gasteiger partial charge is 0.399 e. The fraction of sp³-hybridized carbons (Fsp3) is 0.200. The summed E-state index contributed by atoms with van der Waals surface area (Å²) in [5, 5.41) is 0. The van der Waals surface area contributed by atoms with Gasteiger partial charge in [-0.15, -0.1) is 0 Å². The number of anilines is 1. The number of benzene rings is 2. The highest BCUT2D eigenvalue weighted by molar-refractivity contribution is 7.84. The SMILES string of the molecule is Cc1ccc(CS(=O)c2ccc(N)c(C)c2)cc1. The van der Waals surface area contributed by atoms with Crippen LogP contribution in [0.3, 0.4) is 0 Å². The molecule has 2 N–H and O–H groups in total. The Morgan fingerprint density at radius 3 is 2.33 bits per heavy atom. The van der Waals surface area contributed by atoms with Crippen molar-refractivity contribution in [2.45, 2.75) is 24.5 Å². The van der Waals surface area contributed by atoms with Crippen LogP contribution in [-0.2, 0) is 16.6 Å². The summed E-state index contributed by atoms with van der Waals surface area (Å²) in [5.41, 5.74) is 9.78. The van der Waals surface area contributed by atoms with E-state index in [4.69, 9.17) is 5.73 Å². The first-order valence-corrected chi connectivity index (χ1v) is 7.18. The highest BCUT2D eigenvalue weighted by atomic mass is 32.2. The second-order valence-corrected chi connectivity index (χ2v) is 5.94. The van der Waals surface area contributed by atoms with E-state index in [1.807, 2.05) is 56.3 Å². The van der Waals surface area contributed by atoms with Gasteiger partial charge in [0.25, 0.3) is 0 Å². The maximum absolute atomic E-state index is 12.2. The Bertz CT molecular complexity index is 576. The van der Waals surface area contributed by atoms with Crippen LogP contribution in [0.5, 0.6) is 0 Å². The molecule has 0 aliphatic heterocycles. The van der Waals surface area contributed by atoms with Crippen molar-refractivity contribution in [1.82, 2.24) is 0 Å². The van der Waals surface area contributed by atoms with E-state index < -0.39 is 10.8 Å². The standard InChI is InChI=1S/C15H17NOS/c1-11-3-5-13(6-4-11)10-18(17)14-7-8-15(16)12(2)9-14/h3-9H,10,16H2,1-2H3. The number of hydrogen-bond donors (Lipinski definition) is 1. The first kappa shape index (κ1) is 12.8. The molecule has 0 spiro atoms. The first-order chi connectivity index (χ1) is 8.56. The van der Waals surface area contributed by atoms with Crippen molar-refractivity contribution in [2.75, 3.05) is 5.73 Å². The quantitative estimate of drug-likeness (QED) is 0.860. The summed E-state index contributed by atoms with van der Waals surface area (Å²) in [6.07, 6.45) is 0. The molecule has 18 heavy (non-hydrogen) atoms. The molecule has 1 unspecified atom stereocenters. The number of nitrogen functional groups attached to an aromatic ring is 1. The molecule has 0 aliphatic carbocycles. The molecule has 0 saturated heterocycles. The lowest BCUT2D eigenvalue weighted by atomic mass is 10.2. The predicted molar refractivity (Wildman–Crippen MR) is 76.9 cm³/mol. The summed E-state index contributed by atoms with van der Waals surface area (Å²) in [7, 11) is -1.02. The second-order valence-electron chi connectivity index (χ2n) is 4.49. The number of aryl methyl sites for hydroxylation is 2. The van der Waals surface area contributed by atoms with Gasteiger partial charge in [0, 0.05) is 10.6 Å². The van der Waals surface area contributed by atoms with E-state index >= 15 is 0 Å². The van der Waals surface area contributed by atoms with E-state index in [1.165, 1.54) is 5.56 Å². The molecule has 94 valence electrons. The average Bonchev–Trinajstić information content (AvgIpc) is 2.35. The van der Waals surface area contributed by atoms with Crippen LogP contribution in [0.25, 0.3) is 0 Å². The Kier molecular flexibility index (Phi) is 3.82. The van der Waals surface area contributed by atoms with Crippen LogP contribution < -0.4 is 5.73 Å². The van der Waals surface area contributed by atoms with Crippen LogP contribution in [0.4, 0.5) is 5.69 Å². The van der Waals surface area contributed by atoms with Gasteiger partial charge in [-0.05, 0) is 43.2 Å². The van der Waals surface area contributed by atoms with Crippen LogP contribution in [0.1, 0.15) is 16.7 Å². The Labute approximate surface area is 110 Å². The lowest BCUT2D eigenvalue weighted by Crippen LogP contribution is -1.98. The molecule has 0 bridgehead atoms. The molecule has 0 fully saturated rings. The molecule has 0 amide bonds. The monoisotopic (exact) mass is 259 g/mol. The van der Waals surface area contributed by atoms with Crippen molar-refractivity contribution in [3.8, 4) is 0 Å². The van der Waals surface area contributed by atoms with E-state index in [0.29, 0.717) is 5.75 Å². The minimum atomic E-state index is -1.02. The van der Waals surface area contributed by atoms with Crippen LogP contribution >= 0.6 is 0 Å². The molecule has 1 atom stereocenters. The van der Waals surface area contributed by atoms with E-state index in [0.717, 1.165) is 21.7 Å². The summed E-state index contributed by atoms with van der Waals surface area (Å²) in [5.74, 6) is 0.545. The van der Waals surface area contributed by atoms with Gasteiger partial charge >= 0.3 is 0 Å². The second kappa shape index (κ2) is 5.36. The molecule has 2 aromatic rings. The van der Waals surface area contributed by atoms with E-state index in [2.05, 4.69) is 0 Å². The minimum absolute atomic E-state index is 0.545. The van der Waals surface area contributed by atoms with Gasteiger partial charge in [-0.25, -0.2) is 0 Å². The van der Waals surface area contributed by atoms with Gasteiger partial charge in [-0.2, -0.15) is 0 Å². The molecule has 0 aromatic heterocycles. The summed E-state index contributed by atoms with van der Waals surface area (Å²) in [4.78, 5) is 0.835. The third kappa shape index (κ3) is 2.99. The van der Waals surface area contributed by atoms with E-state index in [9.17, 15) is 4.21 Å². The van der Waals surface area contributed by atoms with Crippen molar-refractivity contribution in [2.24, 2.45) is 0 Å². The average molecular weight is 259 g/mol. The van der Waals surface area contributed by atoms with Gasteiger partial charge in [0.2, 0.25) is 0 Å². The number of rotatable bonds is 3. The highest BCUT2D eigenvalue weighted by Crippen LogP contribution is 2.18. The Balaban J connectivity index is 2.16. The molecular weight excluding hydrogens is 242 g/mol. The molecule has 0 radical (unpaired) electrons. The maximum Gasteiger partial charge on any atom is 0.0574 e.